The monoisotopic (exact) mass is 542 g/mol. The molecule has 0 radical (unpaired) electrons. The van der Waals surface area contributed by atoms with Gasteiger partial charge in [0.05, 0.1) is 0 Å². The summed E-state index contributed by atoms with van der Waals surface area (Å²) < 4.78 is 2.09. The summed E-state index contributed by atoms with van der Waals surface area (Å²) in [6.45, 7) is 5.75. The molecule has 9 heteroatoms. The molecule has 41 heavy (non-hydrogen) atoms. The predicted octanol–water partition coefficient (Wildman–Crippen LogP) is 5.57. The summed E-state index contributed by atoms with van der Waals surface area (Å²) in [5.41, 5.74) is 7.21. The van der Waals surface area contributed by atoms with Gasteiger partial charge in [0.15, 0.2) is 5.82 Å². The number of nitrogens with zero attached hydrogens (tertiary/aromatic N) is 6. The van der Waals surface area contributed by atoms with E-state index >= 15 is 0 Å². The third-order valence-electron chi connectivity index (χ3n) is 6.93. The lowest BCUT2D eigenvalue weighted by Crippen LogP contribution is -2.25. The second-order valence-corrected chi connectivity index (χ2v) is 10.4. The highest BCUT2D eigenvalue weighted by Gasteiger charge is 2.15. The SMILES string of the molecule is CC(C)Cn1cnnc1-c1ccc(-c2cncc(-c3ccnc4[nH]c(C(=O)NCCc5ccncc5)cc34)c2)cc1. The summed E-state index contributed by atoms with van der Waals surface area (Å²) in [7, 11) is 0. The molecule has 0 saturated carbocycles. The molecule has 2 N–H and O–H groups in total. The van der Waals surface area contributed by atoms with E-state index in [4.69, 9.17) is 0 Å². The molecule has 0 aliphatic carbocycles. The Kier molecular flexibility index (Phi) is 7.32. The van der Waals surface area contributed by atoms with Crippen LogP contribution in [0.25, 0.3) is 44.7 Å². The molecule has 5 heterocycles. The minimum Gasteiger partial charge on any atom is -0.350 e. The van der Waals surface area contributed by atoms with Crippen LogP contribution in [0.1, 0.15) is 29.9 Å². The molecule has 0 unspecified atom stereocenters. The average Bonchev–Trinajstić information content (AvgIpc) is 3.65. The molecule has 204 valence electrons. The Morgan fingerprint density at radius 1 is 0.902 bits per heavy atom. The summed E-state index contributed by atoms with van der Waals surface area (Å²) in [5.74, 6) is 1.20. The van der Waals surface area contributed by atoms with Gasteiger partial charge in [-0.25, -0.2) is 4.98 Å². The number of benzene rings is 1. The van der Waals surface area contributed by atoms with E-state index in [0.717, 1.165) is 57.6 Å². The average molecular weight is 543 g/mol. The van der Waals surface area contributed by atoms with Gasteiger partial charge in [0, 0.05) is 66.2 Å². The highest BCUT2D eigenvalue weighted by atomic mass is 16.1. The molecule has 0 atom stereocenters. The van der Waals surface area contributed by atoms with Gasteiger partial charge < -0.3 is 14.9 Å². The molecular weight excluding hydrogens is 512 g/mol. The lowest BCUT2D eigenvalue weighted by molar-refractivity contribution is 0.0950. The minimum absolute atomic E-state index is 0.167. The Hall–Kier alpha value is -5.18. The summed E-state index contributed by atoms with van der Waals surface area (Å²) in [6, 6.07) is 18.1. The van der Waals surface area contributed by atoms with E-state index in [1.165, 1.54) is 0 Å². The van der Waals surface area contributed by atoms with Gasteiger partial charge in [-0.2, -0.15) is 0 Å². The fourth-order valence-electron chi connectivity index (χ4n) is 4.93. The second-order valence-electron chi connectivity index (χ2n) is 10.4. The largest absolute Gasteiger partial charge is 0.350 e. The Morgan fingerprint density at radius 3 is 2.49 bits per heavy atom. The molecule has 0 fully saturated rings. The number of hydrogen-bond acceptors (Lipinski definition) is 6. The maximum absolute atomic E-state index is 12.9. The number of hydrogen-bond donors (Lipinski definition) is 2. The van der Waals surface area contributed by atoms with E-state index in [1.54, 1.807) is 24.9 Å². The quantitative estimate of drug-likeness (QED) is 0.247. The maximum atomic E-state index is 12.9. The number of rotatable bonds is 9. The van der Waals surface area contributed by atoms with E-state index in [9.17, 15) is 4.79 Å². The van der Waals surface area contributed by atoms with Crippen LogP contribution in [-0.4, -0.2) is 47.2 Å². The zero-order valence-corrected chi connectivity index (χ0v) is 23.0. The number of aromatic amines is 1. The van der Waals surface area contributed by atoms with Crippen molar-refractivity contribution >= 4 is 16.9 Å². The molecule has 9 nitrogen and oxygen atoms in total. The molecular formula is C32H30N8O. The second kappa shape index (κ2) is 11.5. The Labute approximate surface area is 237 Å². The van der Waals surface area contributed by atoms with Crippen molar-refractivity contribution in [2.75, 3.05) is 6.54 Å². The first kappa shape index (κ1) is 26.1. The van der Waals surface area contributed by atoms with Crippen molar-refractivity contribution in [3.63, 3.8) is 0 Å². The normalized spacial score (nSPS) is 11.3. The van der Waals surface area contributed by atoms with Crippen molar-refractivity contribution < 1.29 is 4.79 Å². The molecule has 0 bridgehead atoms. The first-order chi connectivity index (χ1) is 20.0. The van der Waals surface area contributed by atoms with Crippen LogP contribution in [0.2, 0.25) is 0 Å². The zero-order chi connectivity index (χ0) is 28.2. The molecule has 1 amide bonds. The van der Waals surface area contributed by atoms with Gasteiger partial charge in [0.1, 0.15) is 17.7 Å². The zero-order valence-electron chi connectivity index (χ0n) is 23.0. The van der Waals surface area contributed by atoms with Gasteiger partial charge in [-0.3, -0.25) is 14.8 Å². The number of amides is 1. The number of carbonyl (C=O) groups excluding carboxylic acids is 1. The predicted molar refractivity (Wildman–Crippen MR) is 159 cm³/mol. The fraction of sp³-hybridized carbons (Fsp3) is 0.188. The molecule has 6 rings (SSSR count). The van der Waals surface area contributed by atoms with Crippen molar-refractivity contribution in [2.24, 2.45) is 5.92 Å². The maximum Gasteiger partial charge on any atom is 0.267 e. The van der Waals surface area contributed by atoms with Crippen molar-refractivity contribution in [3.05, 3.63) is 103 Å². The third-order valence-corrected chi connectivity index (χ3v) is 6.93. The fourth-order valence-corrected chi connectivity index (χ4v) is 4.93. The molecule has 0 aliphatic rings. The van der Waals surface area contributed by atoms with Gasteiger partial charge in [-0.1, -0.05) is 38.1 Å². The molecule has 5 aromatic heterocycles. The first-order valence-corrected chi connectivity index (χ1v) is 13.6. The van der Waals surface area contributed by atoms with Crippen molar-refractivity contribution in [1.29, 1.82) is 0 Å². The van der Waals surface area contributed by atoms with Crippen LogP contribution in [0.3, 0.4) is 0 Å². The standard InChI is InChI=1S/C32H30N8O/c1-21(2)19-40-20-37-39-31(40)24-5-3-23(4-6-24)25-15-26(18-34-17-25)27-10-14-35-30-28(27)16-29(38-30)32(41)36-13-9-22-7-11-33-12-8-22/h3-8,10-12,14-18,20-21H,9,13,19H2,1-2H3,(H,35,38)(H,36,41). The lowest BCUT2D eigenvalue weighted by atomic mass is 10.00. The van der Waals surface area contributed by atoms with Crippen molar-refractivity contribution in [1.82, 2.24) is 40.0 Å². The van der Waals surface area contributed by atoms with Crippen LogP contribution in [0.4, 0.5) is 0 Å². The van der Waals surface area contributed by atoms with Crippen molar-refractivity contribution in [2.45, 2.75) is 26.8 Å². The Morgan fingerprint density at radius 2 is 1.68 bits per heavy atom. The number of H-pyrrole nitrogens is 1. The number of nitrogens with one attached hydrogen (secondary N) is 2. The summed E-state index contributed by atoms with van der Waals surface area (Å²) in [6.07, 6.45) is 11.5. The van der Waals surface area contributed by atoms with Gasteiger partial charge >= 0.3 is 0 Å². The summed E-state index contributed by atoms with van der Waals surface area (Å²) in [4.78, 5) is 29.1. The highest BCUT2D eigenvalue weighted by molar-refractivity contribution is 6.01. The molecule has 0 aliphatic heterocycles. The third kappa shape index (κ3) is 5.74. The molecule has 0 saturated heterocycles. The van der Waals surface area contributed by atoms with Crippen molar-refractivity contribution in [3.8, 4) is 33.6 Å². The van der Waals surface area contributed by atoms with E-state index in [2.05, 4.69) is 84.2 Å². The summed E-state index contributed by atoms with van der Waals surface area (Å²) >= 11 is 0. The van der Waals surface area contributed by atoms with Gasteiger partial charge in [-0.15, -0.1) is 10.2 Å². The van der Waals surface area contributed by atoms with E-state index in [1.807, 2.05) is 36.7 Å². The lowest BCUT2D eigenvalue weighted by Gasteiger charge is -2.10. The highest BCUT2D eigenvalue weighted by Crippen LogP contribution is 2.31. The topological polar surface area (TPSA) is 114 Å². The Bertz CT molecular complexity index is 1790. The summed E-state index contributed by atoms with van der Waals surface area (Å²) in [5, 5.41) is 12.3. The smallest absolute Gasteiger partial charge is 0.267 e. The first-order valence-electron chi connectivity index (χ1n) is 13.6. The van der Waals surface area contributed by atoms with E-state index in [-0.39, 0.29) is 5.91 Å². The molecule has 0 spiro atoms. The number of aromatic nitrogens is 7. The molecule has 1 aromatic carbocycles. The van der Waals surface area contributed by atoms with Crippen LogP contribution in [0.5, 0.6) is 0 Å². The van der Waals surface area contributed by atoms with Crippen LogP contribution < -0.4 is 5.32 Å². The van der Waals surface area contributed by atoms with Crippen LogP contribution in [-0.2, 0) is 13.0 Å². The van der Waals surface area contributed by atoms with E-state index < -0.39 is 0 Å². The van der Waals surface area contributed by atoms with E-state index in [0.29, 0.717) is 23.8 Å². The van der Waals surface area contributed by atoms with Gasteiger partial charge in [0.25, 0.3) is 5.91 Å². The Balaban J connectivity index is 1.22. The van der Waals surface area contributed by atoms with Gasteiger partial charge in [-0.05, 0) is 59.4 Å². The van der Waals surface area contributed by atoms with Crippen LogP contribution in [0, 0.1) is 5.92 Å². The molecule has 6 aromatic rings. The number of pyridine rings is 3. The van der Waals surface area contributed by atoms with Crippen LogP contribution >= 0.6 is 0 Å². The van der Waals surface area contributed by atoms with Gasteiger partial charge in [0.2, 0.25) is 0 Å². The van der Waals surface area contributed by atoms with Crippen LogP contribution in [0.15, 0.2) is 91.9 Å². The number of fused-ring (bicyclic) bond motifs is 1. The minimum atomic E-state index is -0.167. The number of carbonyl (C=O) groups is 1.